The first kappa shape index (κ1) is 19.3. The summed E-state index contributed by atoms with van der Waals surface area (Å²) in [6.07, 6.45) is 7.42. The Morgan fingerprint density at radius 3 is 2.41 bits per heavy atom. The number of hydrogen-bond donors (Lipinski definition) is 2. The summed E-state index contributed by atoms with van der Waals surface area (Å²) in [5, 5.41) is 0. The SMILES string of the molecule is O=C(Cn1ccccc1=O)NNS(=O)(=O)c1ccc(C2CCCCC2)cc1. The number of carbonyl (C=O) groups excluding carboxylic acids is 1. The van der Waals surface area contributed by atoms with Crippen LogP contribution in [0.5, 0.6) is 0 Å². The van der Waals surface area contributed by atoms with Crippen LogP contribution >= 0.6 is 0 Å². The van der Waals surface area contributed by atoms with E-state index in [9.17, 15) is 18.0 Å². The molecule has 1 amide bonds. The normalized spacial score (nSPS) is 15.4. The van der Waals surface area contributed by atoms with Crippen LogP contribution in [0.3, 0.4) is 0 Å². The van der Waals surface area contributed by atoms with Crippen LogP contribution in [0.15, 0.2) is 58.4 Å². The molecule has 1 aromatic carbocycles. The molecule has 0 atom stereocenters. The molecular formula is C19H23N3O4S. The minimum Gasteiger partial charge on any atom is -0.306 e. The quantitative estimate of drug-likeness (QED) is 0.738. The predicted octanol–water partition coefficient (Wildman–Crippen LogP) is 1.91. The molecule has 1 heterocycles. The average Bonchev–Trinajstić information content (AvgIpc) is 2.69. The van der Waals surface area contributed by atoms with Crippen molar-refractivity contribution in [1.29, 1.82) is 0 Å². The van der Waals surface area contributed by atoms with Gasteiger partial charge in [-0.2, -0.15) is 0 Å². The molecule has 144 valence electrons. The Balaban J connectivity index is 1.60. The second-order valence-corrected chi connectivity index (χ2v) is 8.41. The van der Waals surface area contributed by atoms with Crippen molar-refractivity contribution in [2.75, 3.05) is 0 Å². The molecule has 0 unspecified atom stereocenters. The highest BCUT2D eigenvalue weighted by Crippen LogP contribution is 2.32. The molecule has 1 saturated carbocycles. The Morgan fingerprint density at radius 1 is 1.04 bits per heavy atom. The number of hydrogen-bond acceptors (Lipinski definition) is 4. The molecule has 1 aromatic heterocycles. The summed E-state index contributed by atoms with van der Waals surface area (Å²) in [5.74, 6) is -0.141. The number of hydrazine groups is 1. The van der Waals surface area contributed by atoms with E-state index in [1.165, 1.54) is 36.1 Å². The van der Waals surface area contributed by atoms with Crippen LogP contribution in [-0.2, 0) is 21.4 Å². The number of aromatic nitrogens is 1. The van der Waals surface area contributed by atoms with Gasteiger partial charge >= 0.3 is 0 Å². The van der Waals surface area contributed by atoms with Gasteiger partial charge in [-0.05, 0) is 42.5 Å². The van der Waals surface area contributed by atoms with E-state index >= 15 is 0 Å². The van der Waals surface area contributed by atoms with Gasteiger partial charge in [-0.3, -0.25) is 15.0 Å². The van der Waals surface area contributed by atoms with Crippen molar-refractivity contribution in [1.82, 2.24) is 14.8 Å². The Hall–Kier alpha value is -2.45. The number of amides is 1. The van der Waals surface area contributed by atoms with Crippen molar-refractivity contribution in [2.45, 2.75) is 49.5 Å². The van der Waals surface area contributed by atoms with Gasteiger partial charge in [-0.1, -0.05) is 37.5 Å². The van der Waals surface area contributed by atoms with Crippen LogP contribution in [0.2, 0.25) is 0 Å². The fraction of sp³-hybridized carbons (Fsp3) is 0.368. The summed E-state index contributed by atoms with van der Waals surface area (Å²) in [6.45, 7) is -0.275. The summed E-state index contributed by atoms with van der Waals surface area (Å²) < 4.78 is 25.9. The maximum absolute atomic E-state index is 12.3. The number of pyridine rings is 1. The molecule has 3 rings (SSSR count). The second-order valence-electron chi connectivity index (χ2n) is 6.72. The highest BCUT2D eigenvalue weighted by molar-refractivity contribution is 7.89. The zero-order chi connectivity index (χ0) is 19.3. The van der Waals surface area contributed by atoms with Crippen molar-refractivity contribution in [3.8, 4) is 0 Å². The van der Waals surface area contributed by atoms with E-state index in [1.54, 1.807) is 24.3 Å². The molecular weight excluding hydrogens is 366 g/mol. The summed E-state index contributed by atoms with van der Waals surface area (Å²) in [6, 6.07) is 11.3. The third kappa shape index (κ3) is 5.05. The van der Waals surface area contributed by atoms with Crippen LogP contribution < -0.4 is 15.8 Å². The molecule has 1 fully saturated rings. The number of carbonyl (C=O) groups is 1. The minimum atomic E-state index is -3.87. The van der Waals surface area contributed by atoms with E-state index in [1.807, 2.05) is 12.1 Å². The molecule has 0 aliphatic heterocycles. The maximum Gasteiger partial charge on any atom is 0.257 e. The van der Waals surface area contributed by atoms with Gasteiger partial charge in [0.15, 0.2) is 0 Å². The lowest BCUT2D eigenvalue weighted by Crippen LogP contribution is -2.44. The smallest absolute Gasteiger partial charge is 0.257 e. The molecule has 27 heavy (non-hydrogen) atoms. The highest BCUT2D eigenvalue weighted by atomic mass is 32.2. The predicted molar refractivity (Wildman–Crippen MR) is 101 cm³/mol. The Labute approximate surface area is 158 Å². The summed E-state index contributed by atoms with van der Waals surface area (Å²) in [5.41, 5.74) is 2.95. The maximum atomic E-state index is 12.3. The van der Waals surface area contributed by atoms with E-state index in [0.29, 0.717) is 5.92 Å². The van der Waals surface area contributed by atoms with Gasteiger partial charge in [-0.25, -0.2) is 8.42 Å². The van der Waals surface area contributed by atoms with Crippen molar-refractivity contribution in [3.63, 3.8) is 0 Å². The zero-order valence-electron chi connectivity index (χ0n) is 14.9. The first-order chi connectivity index (χ1) is 13.0. The topological polar surface area (TPSA) is 97.3 Å². The Kier molecular flexibility index (Phi) is 6.08. The fourth-order valence-electron chi connectivity index (χ4n) is 3.32. The van der Waals surface area contributed by atoms with Crippen LogP contribution in [0, 0.1) is 0 Å². The summed E-state index contributed by atoms with van der Waals surface area (Å²) >= 11 is 0. The first-order valence-corrected chi connectivity index (χ1v) is 10.5. The lowest BCUT2D eigenvalue weighted by Gasteiger charge is -2.22. The average molecular weight is 389 g/mol. The molecule has 0 saturated heterocycles. The van der Waals surface area contributed by atoms with E-state index < -0.39 is 15.9 Å². The van der Waals surface area contributed by atoms with Gasteiger partial charge < -0.3 is 4.57 Å². The largest absolute Gasteiger partial charge is 0.306 e. The van der Waals surface area contributed by atoms with E-state index in [4.69, 9.17) is 0 Å². The van der Waals surface area contributed by atoms with Gasteiger partial charge in [0.05, 0.1) is 4.90 Å². The third-order valence-corrected chi connectivity index (χ3v) is 6.07. The van der Waals surface area contributed by atoms with Crippen molar-refractivity contribution in [3.05, 3.63) is 64.6 Å². The fourth-order valence-corrected chi connectivity index (χ4v) is 4.18. The van der Waals surface area contributed by atoms with E-state index in [2.05, 4.69) is 10.3 Å². The molecule has 0 radical (unpaired) electrons. The molecule has 1 aliphatic rings. The molecule has 2 aromatic rings. The molecule has 1 aliphatic carbocycles. The molecule has 0 bridgehead atoms. The van der Waals surface area contributed by atoms with Gasteiger partial charge in [0.2, 0.25) is 0 Å². The minimum absolute atomic E-state index is 0.0826. The van der Waals surface area contributed by atoms with Crippen molar-refractivity contribution >= 4 is 15.9 Å². The zero-order valence-corrected chi connectivity index (χ0v) is 15.7. The molecule has 0 spiro atoms. The lowest BCUT2D eigenvalue weighted by molar-refractivity contribution is -0.122. The third-order valence-electron chi connectivity index (χ3n) is 4.80. The van der Waals surface area contributed by atoms with Gasteiger partial charge in [0.25, 0.3) is 21.5 Å². The molecule has 2 N–H and O–H groups in total. The monoisotopic (exact) mass is 389 g/mol. The van der Waals surface area contributed by atoms with Crippen LogP contribution in [0.1, 0.15) is 43.6 Å². The van der Waals surface area contributed by atoms with Crippen LogP contribution in [0.4, 0.5) is 0 Å². The van der Waals surface area contributed by atoms with E-state index in [-0.39, 0.29) is 17.0 Å². The first-order valence-electron chi connectivity index (χ1n) is 9.02. The molecule has 7 nitrogen and oxygen atoms in total. The summed E-state index contributed by atoms with van der Waals surface area (Å²) in [7, 11) is -3.87. The van der Waals surface area contributed by atoms with Gasteiger partial charge in [-0.15, -0.1) is 4.83 Å². The van der Waals surface area contributed by atoms with Crippen molar-refractivity contribution in [2.24, 2.45) is 0 Å². The van der Waals surface area contributed by atoms with E-state index in [0.717, 1.165) is 18.4 Å². The second kappa shape index (κ2) is 8.49. The Morgan fingerprint density at radius 2 is 1.74 bits per heavy atom. The lowest BCUT2D eigenvalue weighted by atomic mass is 9.84. The Bertz CT molecular complexity index is 945. The van der Waals surface area contributed by atoms with Gasteiger partial charge in [0.1, 0.15) is 6.54 Å². The van der Waals surface area contributed by atoms with Crippen LogP contribution in [-0.4, -0.2) is 18.9 Å². The number of benzene rings is 1. The molecule has 8 heteroatoms. The van der Waals surface area contributed by atoms with Gasteiger partial charge in [0, 0.05) is 12.3 Å². The van der Waals surface area contributed by atoms with Crippen LogP contribution in [0.25, 0.3) is 0 Å². The number of sulfonamides is 1. The highest BCUT2D eigenvalue weighted by Gasteiger charge is 2.18. The summed E-state index contributed by atoms with van der Waals surface area (Å²) in [4.78, 5) is 25.6. The van der Waals surface area contributed by atoms with Crippen molar-refractivity contribution < 1.29 is 13.2 Å². The standard InChI is InChI=1S/C19H23N3O4S/c23-18(14-22-13-5-4-8-19(22)24)20-21-27(25,26)17-11-9-16(10-12-17)15-6-2-1-3-7-15/h4-5,8-13,15,21H,1-3,6-7,14H2,(H,20,23). The number of nitrogens with zero attached hydrogens (tertiary/aromatic N) is 1. The number of nitrogens with one attached hydrogen (secondary N) is 2. The number of rotatable bonds is 6.